The van der Waals surface area contributed by atoms with Gasteiger partial charge in [0.25, 0.3) is 0 Å². The molecule has 0 spiro atoms. The van der Waals surface area contributed by atoms with Gasteiger partial charge in [0.15, 0.2) is 5.82 Å². The highest BCUT2D eigenvalue weighted by molar-refractivity contribution is 5.78. The Balaban J connectivity index is 1.28. The van der Waals surface area contributed by atoms with Gasteiger partial charge < -0.3 is 19.5 Å². The minimum absolute atomic E-state index is 0.0205. The molecule has 2 aliphatic heterocycles. The Kier molecular flexibility index (Phi) is 6.24. The van der Waals surface area contributed by atoms with E-state index in [4.69, 9.17) is 4.74 Å². The average molecular weight is 390 g/mol. The summed E-state index contributed by atoms with van der Waals surface area (Å²) in [5, 5.41) is 11.5. The molecule has 154 valence electrons. The highest BCUT2D eigenvalue weighted by atomic mass is 16.5. The maximum absolute atomic E-state index is 12.6. The summed E-state index contributed by atoms with van der Waals surface area (Å²) in [7, 11) is 0. The molecule has 1 atom stereocenters. The molecule has 28 heavy (non-hydrogen) atoms. The molecule has 2 fully saturated rings. The van der Waals surface area contributed by atoms with Gasteiger partial charge in [-0.25, -0.2) is 0 Å². The summed E-state index contributed by atoms with van der Waals surface area (Å²) in [6.07, 6.45) is 8.41. The topological polar surface area (TPSA) is 89.4 Å². The summed E-state index contributed by atoms with van der Waals surface area (Å²) in [4.78, 5) is 26.8. The number of rotatable bonds is 6. The normalized spacial score (nSPS) is 22.9. The lowest BCUT2D eigenvalue weighted by atomic mass is 10.0. The van der Waals surface area contributed by atoms with Crippen LogP contribution in [0.3, 0.4) is 0 Å². The zero-order valence-corrected chi connectivity index (χ0v) is 16.6. The van der Waals surface area contributed by atoms with Crippen LogP contribution in [0.5, 0.6) is 0 Å². The smallest absolute Gasteiger partial charge is 0.225 e. The van der Waals surface area contributed by atoms with Crippen LogP contribution in [0, 0.1) is 11.8 Å². The molecule has 1 saturated carbocycles. The molecule has 0 aromatic carbocycles. The van der Waals surface area contributed by atoms with Gasteiger partial charge in [0.05, 0.1) is 19.1 Å². The number of hydrogen-bond acceptors (Lipinski definition) is 5. The molecule has 4 rings (SSSR count). The predicted octanol–water partition coefficient (Wildman–Crippen LogP) is 1.29. The molecule has 0 bridgehead atoms. The molecule has 0 unspecified atom stereocenters. The van der Waals surface area contributed by atoms with Crippen molar-refractivity contribution < 1.29 is 14.3 Å². The van der Waals surface area contributed by atoms with Crippen LogP contribution in [0.2, 0.25) is 0 Å². The molecule has 3 aliphatic rings. The zero-order chi connectivity index (χ0) is 19.3. The Morgan fingerprint density at radius 3 is 2.75 bits per heavy atom. The van der Waals surface area contributed by atoms with E-state index in [1.807, 2.05) is 4.90 Å². The van der Waals surface area contributed by atoms with E-state index < -0.39 is 0 Å². The fraction of sp³-hybridized carbons (Fsp3) is 0.800. The van der Waals surface area contributed by atoms with Crippen molar-refractivity contribution in [2.45, 2.75) is 64.5 Å². The summed E-state index contributed by atoms with van der Waals surface area (Å²) in [6.45, 7) is 3.61. The number of carbonyl (C=O) groups is 2. The Morgan fingerprint density at radius 2 is 1.96 bits per heavy atom. The molecule has 3 heterocycles. The molecule has 1 saturated heterocycles. The van der Waals surface area contributed by atoms with Gasteiger partial charge in [-0.1, -0.05) is 25.7 Å². The molecule has 1 aromatic heterocycles. The third-order valence-corrected chi connectivity index (χ3v) is 6.42. The van der Waals surface area contributed by atoms with E-state index in [-0.39, 0.29) is 17.7 Å². The van der Waals surface area contributed by atoms with Crippen LogP contribution in [0.15, 0.2) is 0 Å². The highest BCUT2D eigenvalue weighted by Crippen LogP contribution is 2.28. The first-order chi connectivity index (χ1) is 13.7. The van der Waals surface area contributed by atoms with Crippen molar-refractivity contribution in [1.29, 1.82) is 0 Å². The third kappa shape index (κ3) is 4.54. The predicted molar refractivity (Wildman–Crippen MR) is 102 cm³/mol. The minimum Gasteiger partial charge on any atom is -0.381 e. The average Bonchev–Trinajstić information content (AvgIpc) is 3.45. The first-order valence-corrected chi connectivity index (χ1v) is 10.7. The van der Waals surface area contributed by atoms with Crippen LogP contribution in [0.4, 0.5) is 0 Å². The molecular formula is C20H31N5O3. The lowest BCUT2D eigenvalue weighted by Gasteiger charge is -2.21. The zero-order valence-electron chi connectivity index (χ0n) is 16.6. The summed E-state index contributed by atoms with van der Waals surface area (Å²) in [5.74, 6) is 2.64. The maximum Gasteiger partial charge on any atom is 0.225 e. The maximum atomic E-state index is 12.6. The molecule has 8 heteroatoms. The van der Waals surface area contributed by atoms with Crippen LogP contribution in [0.25, 0.3) is 0 Å². The molecular weight excluding hydrogens is 358 g/mol. The van der Waals surface area contributed by atoms with Crippen LogP contribution >= 0.6 is 0 Å². The number of amides is 2. The number of carbonyl (C=O) groups excluding carboxylic acids is 2. The van der Waals surface area contributed by atoms with E-state index in [2.05, 4.69) is 20.1 Å². The summed E-state index contributed by atoms with van der Waals surface area (Å²) < 4.78 is 7.34. The van der Waals surface area contributed by atoms with E-state index >= 15 is 0 Å². The lowest BCUT2D eigenvalue weighted by molar-refractivity contribution is -0.131. The van der Waals surface area contributed by atoms with Crippen molar-refractivity contribution in [3.63, 3.8) is 0 Å². The largest absolute Gasteiger partial charge is 0.381 e. The monoisotopic (exact) mass is 389 g/mol. The SMILES string of the molecule is O=C(NCc1nnc2n1CCN(C(=O)CCC1CCCC1)CC2)[C@@H]1CCOC1. The Morgan fingerprint density at radius 1 is 1.11 bits per heavy atom. The second kappa shape index (κ2) is 9.03. The Bertz CT molecular complexity index is 692. The van der Waals surface area contributed by atoms with Gasteiger partial charge in [-0.2, -0.15) is 0 Å². The molecule has 1 aliphatic carbocycles. The summed E-state index contributed by atoms with van der Waals surface area (Å²) in [5.41, 5.74) is 0. The third-order valence-electron chi connectivity index (χ3n) is 6.42. The highest BCUT2D eigenvalue weighted by Gasteiger charge is 2.25. The second-order valence-electron chi connectivity index (χ2n) is 8.28. The standard InChI is InChI=1S/C20H31N5O3/c26-19(6-5-15-3-1-2-4-15)24-9-7-17-22-23-18(25(17)11-10-24)13-21-20(27)16-8-12-28-14-16/h15-16H,1-14H2,(H,21,27)/t16-/m1/s1. The first kappa shape index (κ1) is 19.4. The second-order valence-corrected chi connectivity index (χ2v) is 8.28. The van der Waals surface area contributed by atoms with Crippen molar-refractivity contribution >= 4 is 11.8 Å². The van der Waals surface area contributed by atoms with E-state index in [9.17, 15) is 9.59 Å². The molecule has 8 nitrogen and oxygen atoms in total. The van der Waals surface area contributed by atoms with Crippen LogP contribution in [0.1, 0.15) is 56.6 Å². The summed E-state index contributed by atoms with van der Waals surface area (Å²) in [6, 6.07) is 0. The fourth-order valence-corrected chi connectivity index (χ4v) is 4.60. The fourth-order valence-electron chi connectivity index (χ4n) is 4.60. The number of ether oxygens (including phenoxy) is 1. The Hall–Kier alpha value is -1.96. The van der Waals surface area contributed by atoms with Gasteiger partial charge in [-0.3, -0.25) is 9.59 Å². The van der Waals surface area contributed by atoms with Gasteiger partial charge in [0.1, 0.15) is 5.82 Å². The van der Waals surface area contributed by atoms with E-state index in [1.54, 1.807) is 0 Å². The molecule has 0 radical (unpaired) electrons. The van der Waals surface area contributed by atoms with Crippen molar-refractivity contribution in [2.75, 3.05) is 26.3 Å². The van der Waals surface area contributed by atoms with Crippen LogP contribution in [-0.4, -0.2) is 57.8 Å². The lowest BCUT2D eigenvalue weighted by Crippen LogP contribution is -2.34. The van der Waals surface area contributed by atoms with Crippen molar-refractivity contribution in [1.82, 2.24) is 25.0 Å². The number of hydrogen-bond donors (Lipinski definition) is 1. The van der Waals surface area contributed by atoms with Crippen LogP contribution < -0.4 is 5.32 Å². The Labute approximate surface area is 166 Å². The molecule has 1 N–H and O–H groups in total. The van der Waals surface area contributed by atoms with Crippen molar-refractivity contribution in [2.24, 2.45) is 11.8 Å². The van der Waals surface area contributed by atoms with Gasteiger partial charge in [-0.05, 0) is 18.8 Å². The number of fused-ring (bicyclic) bond motifs is 1. The number of nitrogens with one attached hydrogen (secondary N) is 1. The van der Waals surface area contributed by atoms with Gasteiger partial charge in [0, 0.05) is 39.1 Å². The quantitative estimate of drug-likeness (QED) is 0.792. The minimum atomic E-state index is -0.0560. The first-order valence-electron chi connectivity index (χ1n) is 10.7. The van der Waals surface area contributed by atoms with Crippen molar-refractivity contribution in [3.8, 4) is 0 Å². The van der Waals surface area contributed by atoms with E-state index in [1.165, 1.54) is 25.7 Å². The van der Waals surface area contributed by atoms with Gasteiger partial charge >= 0.3 is 0 Å². The summed E-state index contributed by atoms with van der Waals surface area (Å²) >= 11 is 0. The number of aromatic nitrogens is 3. The molecule has 2 amide bonds. The van der Waals surface area contributed by atoms with Gasteiger partial charge in [0.2, 0.25) is 11.8 Å². The van der Waals surface area contributed by atoms with Crippen LogP contribution in [-0.2, 0) is 33.8 Å². The van der Waals surface area contributed by atoms with Crippen molar-refractivity contribution in [3.05, 3.63) is 11.6 Å². The molecule has 1 aromatic rings. The number of nitrogens with zero attached hydrogens (tertiary/aromatic N) is 4. The van der Waals surface area contributed by atoms with E-state index in [0.29, 0.717) is 52.2 Å². The van der Waals surface area contributed by atoms with E-state index in [0.717, 1.165) is 30.4 Å². The van der Waals surface area contributed by atoms with Gasteiger partial charge in [-0.15, -0.1) is 10.2 Å².